The molecule has 0 aliphatic carbocycles. The fraction of sp³-hybridized carbons (Fsp3) is 0.176. The summed E-state index contributed by atoms with van der Waals surface area (Å²) in [4.78, 5) is 16.7. The topological polar surface area (TPSA) is 81.8 Å². The van der Waals surface area contributed by atoms with E-state index in [1.165, 1.54) is 22.3 Å². The molecule has 0 amide bonds. The van der Waals surface area contributed by atoms with E-state index in [9.17, 15) is 0 Å². The van der Waals surface area contributed by atoms with Gasteiger partial charge in [-0.3, -0.25) is 0 Å². The molecule has 0 bridgehead atoms. The second-order valence-electron chi connectivity index (χ2n) is 4.03. The third-order valence-corrected chi connectivity index (χ3v) is 2.80. The minimum absolute atomic E-state index is 0.750. The van der Waals surface area contributed by atoms with Crippen molar-refractivity contribution in [3.63, 3.8) is 0 Å². The first-order chi connectivity index (χ1) is 10.2. The third-order valence-electron chi connectivity index (χ3n) is 2.80. The van der Waals surface area contributed by atoms with E-state index in [2.05, 4.69) is 62.4 Å². The van der Waals surface area contributed by atoms with Gasteiger partial charge in [-0.05, 0) is 35.6 Å². The Morgan fingerprint density at radius 3 is 1.90 bits per heavy atom. The van der Waals surface area contributed by atoms with E-state index in [0.29, 0.717) is 0 Å². The number of hydrogen-bond donors (Lipinski definition) is 2. The fourth-order valence-electron chi connectivity index (χ4n) is 2.04. The van der Waals surface area contributed by atoms with E-state index >= 15 is 0 Å². The summed E-state index contributed by atoms with van der Waals surface area (Å²) in [6.07, 6.45) is 2.59. The van der Waals surface area contributed by atoms with Crippen molar-refractivity contribution < 1.29 is 9.59 Å². The monoisotopic (exact) mass is 282 g/mol. The van der Waals surface area contributed by atoms with Crippen LogP contribution >= 0.6 is 0 Å². The standard InChI is InChI=1S/C15H16.2CHNO/c1-3-13-11-7-8-12(2)15(13)14-9-5-4-6-10-14;2*2-1-3/h4-11H,3H2,1-2H3;2*2H. The first kappa shape index (κ1) is 18.2. The zero-order valence-electron chi connectivity index (χ0n) is 12.1. The molecule has 0 unspecified atom stereocenters. The van der Waals surface area contributed by atoms with E-state index in [-0.39, 0.29) is 0 Å². The maximum Gasteiger partial charge on any atom is 0.231 e. The van der Waals surface area contributed by atoms with Crippen LogP contribution in [0.1, 0.15) is 18.1 Å². The summed E-state index contributed by atoms with van der Waals surface area (Å²) >= 11 is 0. The van der Waals surface area contributed by atoms with Gasteiger partial charge in [0.2, 0.25) is 12.2 Å². The Kier molecular flexibility index (Phi) is 9.59. The average molecular weight is 282 g/mol. The third kappa shape index (κ3) is 6.26. The first-order valence-electron chi connectivity index (χ1n) is 6.37. The van der Waals surface area contributed by atoms with E-state index in [0.717, 1.165) is 18.6 Å². The number of isocyanates is 2. The molecule has 0 saturated carbocycles. The van der Waals surface area contributed by atoms with Crippen molar-refractivity contribution in [2.75, 3.05) is 0 Å². The zero-order chi connectivity index (χ0) is 16.1. The van der Waals surface area contributed by atoms with Crippen LogP contribution in [-0.4, -0.2) is 12.2 Å². The molecule has 0 fully saturated rings. The quantitative estimate of drug-likeness (QED) is 0.644. The molecule has 0 saturated heterocycles. The lowest BCUT2D eigenvalue weighted by atomic mass is 9.94. The van der Waals surface area contributed by atoms with Crippen molar-refractivity contribution in [1.29, 1.82) is 10.8 Å². The molecule has 2 N–H and O–H groups in total. The van der Waals surface area contributed by atoms with Gasteiger partial charge in [-0.1, -0.05) is 55.5 Å². The van der Waals surface area contributed by atoms with Crippen LogP contribution in [0.3, 0.4) is 0 Å². The number of aryl methyl sites for hydroxylation is 2. The molecule has 2 aromatic carbocycles. The summed E-state index contributed by atoms with van der Waals surface area (Å²) in [5, 5.41) is 10.8. The summed E-state index contributed by atoms with van der Waals surface area (Å²) in [6.45, 7) is 4.39. The molecule has 0 heterocycles. The molecule has 0 spiro atoms. The molecule has 2 aromatic rings. The molecule has 108 valence electrons. The van der Waals surface area contributed by atoms with Crippen LogP contribution in [0.25, 0.3) is 11.1 Å². The van der Waals surface area contributed by atoms with Crippen molar-refractivity contribution in [1.82, 2.24) is 0 Å². The molecule has 0 aromatic heterocycles. The minimum atomic E-state index is 0.750. The normalized spacial score (nSPS) is 8.10. The van der Waals surface area contributed by atoms with Crippen LogP contribution in [-0.2, 0) is 16.0 Å². The lowest BCUT2D eigenvalue weighted by Gasteiger charge is -2.11. The fourth-order valence-corrected chi connectivity index (χ4v) is 2.04. The first-order valence-corrected chi connectivity index (χ1v) is 6.37. The van der Waals surface area contributed by atoms with Gasteiger partial charge in [0.05, 0.1) is 0 Å². The molecule has 0 atom stereocenters. The van der Waals surface area contributed by atoms with E-state index in [1.54, 1.807) is 0 Å². The van der Waals surface area contributed by atoms with Crippen LogP contribution in [0.4, 0.5) is 0 Å². The highest BCUT2D eigenvalue weighted by atomic mass is 16.1. The highest BCUT2D eigenvalue weighted by Crippen LogP contribution is 2.27. The van der Waals surface area contributed by atoms with Gasteiger partial charge in [-0.25, -0.2) is 20.4 Å². The summed E-state index contributed by atoms with van der Waals surface area (Å²) < 4.78 is 0. The molecule has 4 heteroatoms. The highest BCUT2D eigenvalue weighted by molar-refractivity contribution is 5.70. The van der Waals surface area contributed by atoms with Gasteiger partial charge in [0, 0.05) is 0 Å². The maximum atomic E-state index is 8.35. The van der Waals surface area contributed by atoms with Crippen molar-refractivity contribution in [2.45, 2.75) is 20.3 Å². The Labute approximate surface area is 124 Å². The predicted octanol–water partition coefficient (Wildman–Crippen LogP) is 4.03. The number of nitrogens with one attached hydrogen (secondary N) is 2. The summed E-state index contributed by atoms with van der Waals surface area (Å²) in [6, 6.07) is 17.2. The Hall–Kier alpha value is -2.80. The average Bonchev–Trinajstić information content (AvgIpc) is 2.49. The molecule has 21 heavy (non-hydrogen) atoms. The molecule has 0 aliphatic rings. The van der Waals surface area contributed by atoms with Crippen molar-refractivity contribution in [2.24, 2.45) is 0 Å². The Morgan fingerprint density at radius 2 is 1.43 bits per heavy atom. The Balaban J connectivity index is 0.000000578. The van der Waals surface area contributed by atoms with Gasteiger partial charge in [0.1, 0.15) is 0 Å². The number of hydrogen-bond acceptors (Lipinski definition) is 4. The molecule has 0 radical (unpaired) electrons. The summed E-state index contributed by atoms with van der Waals surface area (Å²) in [5.74, 6) is 0. The number of benzene rings is 2. The second kappa shape index (κ2) is 11.1. The maximum absolute atomic E-state index is 8.35. The molecular formula is C17H18N2O2. The van der Waals surface area contributed by atoms with Gasteiger partial charge >= 0.3 is 0 Å². The van der Waals surface area contributed by atoms with E-state index in [1.807, 2.05) is 0 Å². The Morgan fingerprint density at radius 1 is 0.905 bits per heavy atom. The number of carbonyl (C=O) groups excluding carboxylic acids is 2. The SMILES string of the molecule is CCc1cccc(C)c1-c1ccccc1.N=C=O.N=C=O. The van der Waals surface area contributed by atoms with Gasteiger partial charge < -0.3 is 0 Å². The summed E-state index contributed by atoms with van der Waals surface area (Å²) in [5.41, 5.74) is 5.52. The smallest absolute Gasteiger partial charge is 0.222 e. The molecule has 2 rings (SSSR count). The van der Waals surface area contributed by atoms with Gasteiger partial charge in [-0.2, -0.15) is 0 Å². The molecule has 4 nitrogen and oxygen atoms in total. The van der Waals surface area contributed by atoms with Crippen LogP contribution in [0.15, 0.2) is 48.5 Å². The van der Waals surface area contributed by atoms with Gasteiger partial charge in [0.25, 0.3) is 0 Å². The van der Waals surface area contributed by atoms with E-state index < -0.39 is 0 Å². The molecular weight excluding hydrogens is 264 g/mol. The van der Waals surface area contributed by atoms with Gasteiger partial charge in [-0.15, -0.1) is 0 Å². The minimum Gasteiger partial charge on any atom is -0.222 e. The van der Waals surface area contributed by atoms with Crippen LogP contribution in [0, 0.1) is 17.7 Å². The highest BCUT2D eigenvalue weighted by Gasteiger charge is 2.05. The largest absolute Gasteiger partial charge is 0.231 e. The zero-order valence-corrected chi connectivity index (χ0v) is 12.1. The van der Waals surface area contributed by atoms with Crippen LogP contribution in [0.2, 0.25) is 0 Å². The Bertz CT molecular complexity index is 598. The van der Waals surface area contributed by atoms with Crippen LogP contribution < -0.4 is 0 Å². The molecule has 0 aliphatic heterocycles. The summed E-state index contributed by atoms with van der Waals surface area (Å²) in [7, 11) is 0. The van der Waals surface area contributed by atoms with Crippen molar-refractivity contribution in [3.05, 3.63) is 59.7 Å². The van der Waals surface area contributed by atoms with Crippen molar-refractivity contribution >= 4 is 12.2 Å². The lowest BCUT2D eigenvalue weighted by Crippen LogP contribution is -1.90. The van der Waals surface area contributed by atoms with E-state index in [4.69, 9.17) is 20.4 Å². The number of rotatable bonds is 2. The van der Waals surface area contributed by atoms with Crippen molar-refractivity contribution in [3.8, 4) is 11.1 Å². The predicted molar refractivity (Wildman–Crippen MR) is 82.8 cm³/mol. The second-order valence-corrected chi connectivity index (χ2v) is 4.03. The van der Waals surface area contributed by atoms with Crippen LogP contribution in [0.5, 0.6) is 0 Å². The lowest BCUT2D eigenvalue weighted by molar-refractivity contribution is 0.562. The van der Waals surface area contributed by atoms with Gasteiger partial charge in [0.15, 0.2) is 0 Å².